The van der Waals surface area contributed by atoms with E-state index in [4.69, 9.17) is 16.3 Å². The summed E-state index contributed by atoms with van der Waals surface area (Å²) in [5, 5.41) is 4.02. The second kappa shape index (κ2) is 5.42. The lowest BCUT2D eigenvalue weighted by atomic mass is 10.0. The Hall–Kier alpha value is -0.510. The number of thiophene rings is 1. The molecule has 0 bridgehead atoms. The van der Waals surface area contributed by atoms with Crippen LogP contribution < -0.4 is 4.74 Å². The molecule has 0 spiro atoms. The highest BCUT2D eigenvalue weighted by Gasteiger charge is 2.18. The van der Waals surface area contributed by atoms with E-state index in [1.54, 1.807) is 18.4 Å². The molecule has 1 heterocycles. The van der Waals surface area contributed by atoms with Crippen LogP contribution in [0.1, 0.15) is 22.1 Å². The van der Waals surface area contributed by atoms with Gasteiger partial charge >= 0.3 is 0 Å². The Labute approximate surface area is 119 Å². The van der Waals surface area contributed by atoms with Crippen molar-refractivity contribution in [3.63, 3.8) is 0 Å². The van der Waals surface area contributed by atoms with Crippen molar-refractivity contribution in [3.8, 4) is 5.75 Å². The van der Waals surface area contributed by atoms with Gasteiger partial charge in [-0.1, -0.05) is 15.9 Å². The van der Waals surface area contributed by atoms with Crippen molar-refractivity contribution in [3.05, 3.63) is 50.1 Å². The topological polar surface area (TPSA) is 9.23 Å². The normalized spacial score (nSPS) is 12.5. The van der Waals surface area contributed by atoms with Crippen LogP contribution in [0, 0.1) is 6.92 Å². The number of halogens is 2. The maximum Gasteiger partial charge on any atom is 0.123 e. The first kappa shape index (κ1) is 12.9. The molecule has 17 heavy (non-hydrogen) atoms. The van der Waals surface area contributed by atoms with Crippen LogP contribution in [0.5, 0.6) is 5.75 Å². The first-order valence-electron chi connectivity index (χ1n) is 5.13. The summed E-state index contributed by atoms with van der Waals surface area (Å²) < 4.78 is 6.36. The van der Waals surface area contributed by atoms with Gasteiger partial charge in [-0.2, -0.15) is 11.3 Å². The molecule has 0 N–H and O–H groups in total. The Morgan fingerprint density at radius 3 is 2.65 bits per heavy atom. The van der Waals surface area contributed by atoms with Gasteiger partial charge in [0.1, 0.15) is 5.75 Å². The van der Waals surface area contributed by atoms with E-state index in [1.807, 2.05) is 18.2 Å². The molecule has 2 rings (SSSR count). The standard InChI is InChI=1S/C13H12BrClOS/c1-8-6-17-7-11(8)13(15)10-5-9(14)3-4-12(10)16-2/h3-7,13H,1-2H3. The van der Waals surface area contributed by atoms with Crippen molar-refractivity contribution in [2.24, 2.45) is 0 Å². The molecule has 4 heteroatoms. The molecular formula is C13H12BrClOS. The number of aryl methyl sites for hydroxylation is 1. The quantitative estimate of drug-likeness (QED) is 0.706. The maximum absolute atomic E-state index is 6.54. The van der Waals surface area contributed by atoms with Gasteiger partial charge in [-0.25, -0.2) is 0 Å². The van der Waals surface area contributed by atoms with Gasteiger partial charge in [0.15, 0.2) is 0 Å². The number of hydrogen-bond acceptors (Lipinski definition) is 2. The van der Waals surface area contributed by atoms with Crippen molar-refractivity contribution in [2.75, 3.05) is 7.11 Å². The average Bonchev–Trinajstić information content (AvgIpc) is 2.74. The van der Waals surface area contributed by atoms with Gasteiger partial charge in [0.2, 0.25) is 0 Å². The lowest BCUT2D eigenvalue weighted by Gasteiger charge is -2.14. The monoisotopic (exact) mass is 330 g/mol. The van der Waals surface area contributed by atoms with Crippen LogP contribution in [0.4, 0.5) is 0 Å². The third kappa shape index (κ3) is 2.67. The zero-order chi connectivity index (χ0) is 12.4. The van der Waals surface area contributed by atoms with Gasteiger partial charge in [-0.05, 0) is 47.0 Å². The summed E-state index contributed by atoms with van der Waals surface area (Å²) >= 11 is 11.7. The molecule has 0 aliphatic heterocycles. The fraction of sp³-hybridized carbons (Fsp3) is 0.231. The van der Waals surface area contributed by atoms with Gasteiger partial charge in [0.25, 0.3) is 0 Å². The summed E-state index contributed by atoms with van der Waals surface area (Å²) in [6.07, 6.45) is 0. The molecule has 90 valence electrons. The summed E-state index contributed by atoms with van der Waals surface area (Å²) in [6, 6.07) is 5.89. The van der Waals surface area contributed by atoms with Crippen molar-refractivity contribution in [1.82, 2.24) is 0 Å². The van der Waals surface area contributed by atoms with E-state index in [1.165, 1.54) is 5.56 Å². The number of benzene rings is 1. The Morgan fingerprint density at radius 2 is 2.06 bits per heavy atom. The SMILES string of the molecule is COc1ccc(Br)cc1C(Cl)c1cscc1C. The second-order valence-electron chi connectivity index (χ2n) is 3.76. The lowest BCUT2D eigenvalue weighted by Crippen LogP contribution is -1.97. The Balaban J connectivity index is 2.46. The molecule has 0 amide bonds. The first-order valence-corrected chi connectivity index (χ1v) is 7.31. The Bertz CT molecular complexity index is 524. The Kier molecular flexibility index (Phi) is 4.13. The van der Waals surface area contributed by atoms with Crippen molar-refractivity contribution >= 4 is 38.9 Å². The van der Waals surface area contributed by atoms with Crippen LogP contribution in [0.3, 0.4) is 0 Å². The number of alkyl halides is 1. The zero-order valence-corrected chi connectivity index (χ0v) is 12.7. The lowest BCUT2D eigenvalue weighted by molar-refractivity contribution is 0.410. The van der Waals surface area contributed by atoms with Gasteiger partial charge in [0.05, 0.1) is 12.5 Å². The van der Waals surface area contributed by atoms with Crippen LogP contribution in [0.15, 0.2) is 33.4 Å². The zero-order valence-electron chi connectivity index (χ0n) is 9.54. The molecule has 1 unspecified atom stereocenters. The van der Waals surface area contributed by atoms with Crippen LogP contribution in [-0.4, -0.2) is 7.11 Å². The van der Waals surface area contributed by atoms with Gasteiger partial charge in [-0.3, -0.25) is 0 Å². The predicted octanol–water partition coefficient (Wildman–Crippen LogP) is 5.16. The largest absolute Gasteiger partial charge is 0.496 e. The minimum Gasteiger partial charge on any atom is -0.496 e. The van der Waals surface area contributed by atoms with Crippen LogP contribution in [0.2, 0.25) is 0 Å². The van der Waals surface area contributed by atoms with E-state index in [9.17, 15) is 0 Å². The fourth-order valence-corrected chi connectivity index (χ4v) is 3.44. The van der Waals surface area contributed by atoms with E-state index in [2.05, 4.69) is 33.6 Å². The van der Waals surface area contributed by atoms with Crippen molar-refractivity contribution in [1.29, 1.82) is 0 Å². The van der Waals surface area contributed by atoms with E-state index < -0.39 is 0 Å². The third-order valence-corrected chi connectivity index (χ3v) is 4.48. The molecule has 0 aliphatic rings. The molecule has 0 saturated heterocycles. The summed E-state index contributed by atoms with van der Waals surface area (Å²) in [4.78, 5) is 0. The molecule has 2 aromatic rings. The molecule has 1 aromatic heterocycles. The second-order valence-corrected chi connectivity index (χ2v) is 5.85. The van der Waals surface area contributed by atoms with Crippen LogP contribution in [-0.2, 0) is 0 Å². The van der Waals surface area contributed by atoms with Crippen molar-refractivity contribution < 1.29 is 4.74 Å². The molecule has 0 aliphatic carbocycles. The minimum absolute atomic E-state index is 0.173. The highest BCUT2D eigenvalue weighted by atomic mass is 79.9. The number of ether oxygens (including phenoxy) is 1. The maximum atomic E-state index is 6.54. The molecule has 1 nitrogen and oxygen atoms in total. The molecule has 1 aromatic carbocycles. The molecule has 0 fully saturated rings. The van der Waals surface area contributed by atoms with E-state index in [0.29, 0.717) is 0 Å². The molecule has 0 radical (unpaired) electrons. The molecule has 0 saturated carbocycles. The van der Waals surface area contributed by atoms with E-state index in [0.717, 1.165) is 21.3 Å². The highest BCUT2D eigenvalue weighted by molar-refractivity contribution is 9.10. The van der Waals surface area contributed by atoms with Gasteiger partial charge < -0.3 is 4.74 Å². The summed E-state index contributed by atoms with van der Waals surface area (Å²) in [7, 11) is 1.66. The van der Waals surface area contributed by atoms with Gasteiger partial charge in [0, 0.05) is 10.0 Å². The number of rotatable bonds is 3. The summed E-state index contributed by atoms with van der Waals surface area (Å²) in [5.74, 6) is 0.818. The molecular weight excluding hydrogens is 320 g/mol. The van der Waals surface area contributed by atoms with Crippen LogP contribution >= 0.6 is 38.9 Å². The molecule has 1 atom stereocenters. The van der Waals surface area contributed by atoms with Gasteiger partial charge in [-0.15, -0.1) is 11.6 Å². The van der Waals surface area contributed by atoms with Crippen LogP contribution in [0.25, 0.3) is 0 Å². The Morgan fingerprint density at radius 1 is 1.29 bits per heavy atom. The first-order chi connectivity index (χ1) is 8.13. The number of hydrogen-bond donors (Lipinski definition) is 0. The van der Waals surface area contributed by atoms with E-state index >= 15 is 0 Å². The smallest absolute Gasteiger partial charge is 0.123 e. The summed E-state index contributed by atoms with van der Waals surface area (Å²) in [6.45, 7) is 2.08. The summed E-state index contributed by atoms with van der Waals surface area (Å²) in [5.41, 5.74) is 3.36. The number of methoxy groups -OCH3 is 1. The third-order valence-electron chi connectivity index (χ3n) is 2.63. The van der Waals surface area contributed by atoms with E-state index in [-0.39, 0.29) is 5.38 Å². The fourth-order valence-electron chi connectivity index (χ4n) is 1.70. The average molecular weight is 332 g/mol. The highest BCUT2D eigenvalue weighted by Crippen LogP contribution is 2.38. The van der Waals surface area contributed by atoms with Crippen molar-refractivity contribution in [2.45, 2.75) is 12.3 Å². The minimum atomic E-state index is -0.173. The predicted molar refractivity (Wildman–Crippen MR) is 77.4 cm³/mol.